The predicted molar refractivity (Wildman–Crippen MR) is 76.8 cm³/mol. The second-order valence-electron chi connectivity index (χ2n) is 4.86. The van der Waals surface area contributed by atoms with Gasteiger partial charge >= 0.3 is 0 Å². The van der Waals surface area contributed by atoms with E-state index in [0.717, 1.165) is 11.3 Å². The summed E-state index contributed by atoms with van der Waals surface area (Å²) in [5.41, 5.74) is 2.26. The molecule has 0 saturated carbocycles. The number of benzene rings is 1. The second-order valence-corrected chi connectivity index (χ2v) is 4.86. The highest BCUT2D eigenvalue weighted by Gasteiger charge is 2.13. The number of rotatable bonds is 6. The van der Waals surface area contributed by atoms with Gasteiger partial charge in [-0.05, 0) is 38.0 Å². The molecule has 7 nitrogen and oxygen atoms in total. The van der Waals surface area contributed by atoms with Crippen molar-refractivity contribution in [2.75, 3.05) is 6.61 Å². The number of aromatic amines is 1. The van der Waals surface area contributed by atoms with E-state index in [2.05, 4.69) is 25.9 Å². The van der Waals surface area contributed by atoms with Gasteiger partial charge in [0, 0.05) is 0 Å². The fraction of sp³-hybridized carbons (Fsp3) is 0.429. The molecule has 2 N–H and O–H groups in total. The normalized spacial score (nSPS) is 12.0. The maximum Gasteiger partial charge on any atom is 0.224 e. The van der Waals surface area contributed by atoms with Crippen molar-refractivity contribution in [3.05, 3.63) is 35.2 Å². The van der Waals surface area contributed by atoms with Gasteiger partial charge in [-0.15, -0.1) is 10.2 Å². The molecule has 2 rings (SSSR count). The van der Waals surface area contributed by atoms with Gasteiger partial charge in [-0.1, -0.05) is 17.3 Å². The number of carbonyl (C=O) groups is 1. The van der Waals surface area contributed by atoms with Crippen molar-refractivity contribution in [2.45, 2.75) is 33.2 Å². The summed E-state index contributed by atoms with van der Waals surface area (Å²) in [5.74, 6) is 1.16. The molecule has 1 aromatic carbocycles. The summed E-state index contributed by atoms with van der Waals surface area (Å²) < 4.78 is 5.65. The van der Waals surface area contributed by atoms with Crippen molar-refractivity contribution in [1.29, 1.82) is 0 Å². The van der Waals surface area contributed by atoms with Crippen molar-refractivity contribution in [3.8, 4) is 5.75 Å². The lowest BCUT2D eigenvalue weighted by molar-refractivity contribution is -0.122. The average molecular weight is 289 g/mol. The van der Waals surface area contributed by atoms with Crippen molar-refractivity contribution in [2.24, 2.45) is 0 Å². The SMILES string of the molecule is Cc1cccc(OCCC(=O)NC(C)c2nn[nH]n2)c1C. The zero-order chi connectivity index (χ0) is 15.2. The van der Waals surface area contributed by atoms with Crippen LogP contribution in [0.25, 0.3) is 0 Å². The molecule has 2 aromatic rings. The monoisotopic (exact) mass is 289 g/mol. The summed E-state index contributed by atoms with van der Waals surface area (Å²) in [6.07, 6.45) is 0.273. The Morgan fingerprint density at radius 3 is 2.95 bits per heavy atom. The van der Waals surface area contributed by atoms with E-state index >= 15 is 0 Å². The van der Waals surface area contributed by atoms with Gasteiger partial charge in [-0.25, -0.2) is 0 Å². The summed E-state index contributed by atoms with van der Waals surface area (Å²) >= 11 is 0. The molecule has 0 spiro atoms. The number of amides is 1. The summed E-state index contributed by atoms with van der Waals surface area (Å²) in [6, 6.07) is 5.59. The van der Waals surface area contributed by atoms with Crippen molar-refractivity contribution in [1.82, 2.24) is 25.9 Å². The van der Waals surface area contributed by atoms with Crippen LogP contribution in [0, 0.1) is 13.8 Å². The topological polar surface area (TPSA) is 92.8 Å². The van der Waals surface area contributed by atoms with E-state index in [4.69, 9.17) is 4.74 Å². The van der Waals surface area contributed by atoms with E-state index in [1.165, 1.54) is 5.56 Å². The van der Waals surface area contributed by atoms with Crippen LogP contribution in [-0.4, -0.2) is 33.1 Å². The Balaban J connectivity index is 1.78. The number of hydrogen-bond donors (Lipinski definition) is 2. The molecule has 1 unspecified atom stereocenters. The van der Waals surface area contributed by atoms with E-state index < -0.39 is 0 Å². The Labute approximate surface area is 123 Å². The van der Waals surface area contributed by atoms with Crippen LogP contribution in [0.5, 0.6) is 5.75 Å². The Kier molecular flexibility index (Phi) is 4.86. The maximum absolute atomic E-state index is 11.8. The molecule has 1 amide bonds. The molecule has 0 fully saturated rings. The largest absolute Gasteiger partial charge is 0.493 e. The molecule has 0 aliphatic rings. The molecule has 0 radical (unpaired) electrons. The van der Waals surface area contributed by atoms with Crippen LogP contribution in [0.4, 0.5) is 0 Å². The average Bonchev–Trinajstić information content (AvgIpc) is 2.97. The number of carbonyl (C=O) groups excluding carboxylic acids is 1. The molecular weight excluding hydrogens is 270 g/mol. The van der Waals surface area contributed by atoms with Gasteiger partial charge in [0.05, 0.1) is 19.1 Å². The smallest absolute Gasteiger partial charge is 0.224 e. The first-order valence-electron chi connectivity index (χ1n) is 6.79. The number of nitrogens with one attached hydrogen (secondary N) is 2. The molecule has 0 saturated heterocycles. The number of H-pyrrole nitrogens is 1. The van der Waals surface area contributed by atoms with E-state index in [0.29, 0.717) is 12.4 Å². The zero-order valence-electron chi connectivity index (χ0n) is 12.4. The standard InChI is InChI=1S/C14H19N5O2/c1-9-5-4-6-12(10(9)2)21-8-7-13(20)15-11(3)14-16-18-19-17-14/h4-6,11H,7-8H2,1-3H3,(H,15,20)(H,16,17,18,19). The van der Waals surface area contributed by atoms with Crippen LogP contribution in [0.1, 0.15) is 36.3 Å². The Morgan fingerprint density at radius 1 is 1.43 bits per heavy atom. The number of ether oxygens (including phenoxy) is 1. The van der Waals surface area contributed by atoms with Crippen molar-refractivity contribution < 1.29 is 9.53 Å². The van der Waals surface area contributed by atoms with Crippen LogP contribution >= 0.6 is 0 Å². The number of hydrogen-bond acceptors (Lipinski definition) is 5. The first kappa shape index (κ1) is 15.0. The van der Waals surface area contributed by atoms with Gasteiger partial charge in [0.2, 0.25) is 5.91 Å². The minimum absolute atomic E-state index is 0.113. The highest BCUT2D eigenvalue weighted by molar-refractivity contribution is 5.76. The van der Waals surface area contributed by atoms with Gasteiger partial charge in [-0.3, -0.25) is 4.79 Å². The molecule has 1 atom stereocenters. The third kappa shape index (κ3) is 4.01. The molecule has 1 aromatic heterocycles. The Hall–Kier alpha value is -2.44. The quantitative estimate of drug-likeness (QED) is 0.840. The Bertz CT molecular complexity index is 597. The van der Waals surface area contributed by atoms with Crippen molar-refractivity contribution in [3.63, 3.8) is 0 Å². The lowest BCUT2D eigenvalue weighted by atomic mass is 10.1. The zero-order valence-corrected chi connectivity index (χ0v) is 12.4. The summed E-state index contributed by atoms with van der Waals surface area (Å²) in [7, 11) is 0. The third-order valence-electron chi connectivity index (χ3n) is 3.27. The molecule has 0 bridgehead atoms. The van der Waals surface area contributed by atoms with E-state index in [1.807, 2.05) is 32.0 Å². The molecule has 1 heterocycles. The van der Waals surface area contributed by atoms with E-state index in [9.17, 15) is 4.79 Å². The molecule has 0 aliphatic carbocycles. The number of aromatic nitrogens is 4. The molecule has 21 heavy (non-hydrogen) atoms. The van der Waals surface area contributed by atoms with Crippen LogP contribution in [0.2, 0.25) is 0 Å². The fourth-order valence-corrected chi connectivity index (χ4v) is 1.87. The third-order valence-corrected chi connectivity index (χ3v) is 3.27. The number of nitrogens with zero attached hydrogens (tertiary/aromatic N) is 3. The van der Waals surface area contributed by atoms with E-state index in [1.54, 1.807) is 6.92 Å². The predicted octanol–water partition coefficient (Wildman–Crippen LogP) is 1.46. The van der Waals surface area contributed by atoms with Gasteiger partial charge in [0.15, 0.2) is 5.82 Å². The van der Waals surface area contributed by atoms with Crippen LogP contribution in [0.15, 0.2) is 18.2 Å². The minimum atomic E-state index is -0.281. The lowest BCUT2D eigenvalue weighted by Gasteiger charge is -2.12. The molecule has 0 aliphatic heterocycles. The van der Waals surface area contributed by atoms with Crippen molar-refractivity contribution >= 4 is 5.91 Å². The maximum atomic E-state index is 11.8. The lowest BCUT2D eigenvalue weighted by Crippen LogP contribution is -2.28. The van der Waals surface area contributed by atoms with Crippen LogP contribution in [0.3, 0.4) is 0 Å². The van der Waals surface area contributed by atoms with E-state index in [-0.39, 0.29) is 18.4 Å². The van der Waals surface area contributed by atoms with Crippen LogP contribution < -0.4 is 10.1 Å². The first-order valence-corrected chi connectivity index (χ1v) is 6.79. The van der Waals surface area contributed by atoms with Gasteiger partial charge in [-0.2, -0.15) is 5.21 Å². The molecule has 7 heteroatoms. The van der Waals surface area contributed by atoms with Gasteiger partial charge < -0.3 is 10.1 Å². The minimum Gasteiger partial charge on any atom is -0.493 e. The highest BCUT2D eigenvalue weighted by Crippen LogP contribution is 2.20. The van der Waals surface area contributed by atoms with Gasteiger partial charge in [0.25, 0.3) is 0 Å². The number of tetrazole rings is 1. The highest BCUT2D eigenvalue weighted by atomic mass is 16.5. The van der Waals surface area contributed by atoms with Gasteiger partial charge in [0.1, 0.15) is 5.75 Å². The summed E-state index contributed by atoms with van der Waals surface area (Å²) in [4.78, 5) is 11.8. The first-order chi connectivity index (χ1) is 10.1. The Morgan fingerprint density at radius 2 is 2.24 bits per heavy atom. The second kappa shape index (κ2) is 6.83. The summed E-state index contributed by atoms with van der Waals surface area (Å²) in [6.45, 7) is 6.16. The molecule has 112 valence electrons. The fourth-order valence-electron chi connectivity index (χ4n) is 1.87. The van der Waals surface area contributed by atoms with Crippen LogP contribution in [-0.2, 0) is 4.79 Å². The molecular formula is C14H19N5O2. The number of aryl methyl sites for hydroxylation is 1. The summed E-state index contributed by atoms with van der Waals surface area (Å²) in [5, 5.41) is 16.3.